The summed E-state index contributed by atoms with van der Waals surface area (Å²) in [5, 5.41) is 12.8. The number of fused-ring (bicyclic) bond motifs is 1. The van der Waals surface area contributed by atoms with E-state index in [1.807, 2.05) is 37.4 Å². The molecule has 0 atom stereocenters. The summed E-state index contributed by atoms with van der Waals surface area (Å²) in [6.45, 7) is 4.72. The lowest BCUT2D eigenvalue weighted by Crippen LogP contribution is -2.19. The van der Waals surface area contributed by atoms with E-state index in [0.29, 0.717) is 17.9 Å². The van der Waals surface area contributed by atoms with Gasteiger partial charge in [-0.2, -0.15) is 10.2 Å². The zero-order valence-electron chi connectivity index (χ0n) is 18.6. The van der Waals surface area contributed by atoms with E-state index in [-0.39, 0.29) is 12.5 Å². The monoisotopic (exact) mass is 436 g/mol. The molecule has 2 aromatic carbocycles. The van der Waals surface area contributed by atoms with Gasteiger partial charge in [-0.25, -0.2) is 9.67 Å². The number of carbonyl (C=O) groups is 1. The first-order valence-electron chi connectivity index (χ1n) is 10.8. The van der Waals surface area contributed by atoms with E-state index in [4.69, 9.17) is 0 Å². The zero-order valence-corrected chi connectivity index (χ0v) is 18.6. The molecule has 0 aliphatic carbocycles. The van der Waals surface area contributed by atoms with Crippen LogP contribution in [-0.4, -0.2) is 30.5 Å². The van der Waals surface area contributed by atoms with Crippen molar-refractivity contribution in [2.45, 2.75) is 26.9 Å². The Morgan fingerprint density at radius 3 is 2.58 bits per heavy atom. The van der Waals surface area contributed by atoms with Gasteiger partial charge in [-0.3, -0.25) is 9.48 Å². The molecule has 7 nitrogen and oxygen atoms in total. The molecule has 0 bridgehead atoms. The summed E-state index contributed by atoms with van der Waals surface area (Å²) in [5.74, 6) is -0.179. The SMILES string of the molecule is Cc1ccc(Cn2cc(NC(=O)Cn3nc(C)c4c(-c5ccccc5)ccnc43)cn2)cc1. The van der Waals surface area contributed by atoms with Crippen LogP contribution in [0.15, 0.2) is 79.3 Å². The highest BCUT2D eigenvalue weighted by Crippen LogP contribution is 2.29. The third kappa shape index (κ3) is 4.39. The van der Waals surface area contributed by atoms with Crippen LogP contribution in [0.4, 0.5) is 5.69 Å². The predicted octanol–water partition coefficient (Wildman–Crippen LogP) is 4.60. The molecule has 7 heteroatoms. The van der Waals surface area contributed by atoms with Crippen molar-refractivity contribution in [2.24, 2.45) is 0 Å². The number of benzene rings is 2. The molecule has 3 aromatic heterocycles. The Hall–Kier alpha value is -4.26. The van der Waals surface area contributed by atoms with E-state index in [2.05, 4.69) is 63.8 Å². The van der Waals surface area contributed by atoms with Crippen LogP contribution in [0.5, 0.6) is 0 Å². The van der Waals surface area contributed by atoms with Gasteiger partial charge in [-0.15, -0.1) is 0 Å². The summed E-state index contributed by atoms with van der Waals surface area (Å²) in [6, 6.07) is 20.4. The van der Waals surface area contributed by atoms with Gasteiger partial charge in [-0.1, -0.05) is 60.2 Å². The second-order valence-corrected chi connectivity index (χ2v) is 8.13. The number of pyridine rings is 1. The number of amides is 1. The first kappa shape index (κ1) is 20.6. The first-order chi connectivity index (χ1) is 16.1. The second-order valence-electron chi connectivity index (χ2n) is 8.13. The van der Waals surface area contributed by atoms with Crippen LogP contribution in [0.25, 0.3) is 22.2 Å². The molecule has 164 valence electrons. The fourth-order valence-corrected chi connectivity index (χ4v) is 3.98. The van der Waals surface area contributed by atoms with Crippen LogP contribution < -0.4 is 5.32 Å². The molecule has 1 N–H and O–H groups in total. The fourth-order valence-electron chi connectivity index (χ4n) is 3.98. The van der Waals surface area contributed by atoms with Crippen LogP contribution in [0, 0.1) is 13.8 Å². The zero-order chi connectivity index (χ0) is 22.8. The maximum atomic E-state index is 12.8. The van der Waals surface area contributed by atoms with Crippen LogP contribution >= 0.6 is 0 Å². The molecular weight excluding hydrogens is 412 g/mol. The minimum absolute atomic E-state index is 0.0682. The van der Waals surface area contributed by atoms with Crippen molar-refractivity contribution in [2.75, 3.05) is 5.32 Å². The van der Waals surface area contributed by atoms with Crippen molar-refractivity contribution in [1.82, 2.24) is 24.5 Å². The number of nitrogens with zero attached hydrogens (tertiary/aromatic N) is 5. The number of hydrogen-bond donors (Lipinski definition) is 1. The molecule has 0 fully saturated rings. The fraction of sp³-hybridized carbons (Fsp3) is 0.154. The highest BCUT2D eigenvalue weighted by Gasteiger charge is 2.16. The molecule has 0 saturated heterocycles. The van der Waals surface area contributed by atoms with Gasteiger partial charge in [0.15, 0.2) is 5.65 Å². The highest BCUT2D eigenvalue weighted by atomic mass is 16.2. The first-order valence-corrected chi connectivity index (χ1v) is 10.8. The van der Waals surface area contributed by atoms with E-state index >= 15 is 0 Å². The van der Waals surface area contributed by atoms with Crippen LogP contribution in [0.2, 0.25) is 0 Å². The molecule has 5 aromatic rings. The topological polar surface area (TPSA) is 77.6 Å². The molecular formula is C26H24N6O. The van der Waals surface area contributed by atoms with Gasteiger partial charge in [0.2, 0.25) is 5.91 Å². The van der Waals surface area contributed by atoms with Gasteiger partial charge in [0.25, 0.3) is 0 Å². The number of aromatic nitrogens is 5. The van der Waals surface area contributed by atoms with Crippen LogP contribution in [0.3, 0.4) is 0 Å². The standard InChI is InChI=1S/C26H24N6O/c1-18-8-10-20(11-9-18)15-31-16-22(14-28-31)29-24(33)17-32-26-25(19(2)30-32)23(12-13-27-26)21-6-4-3-5-7-21/h3-14,16H,15,17H2,1-2H3,(H,29,33). The summed E-state index contributed by atoms with van der Waals surface area (Å²) >= 11 is 0. The van der Waals surface area contributed by atoms with Crippen molar-refractivity contribution in [3.8, 4) is 11.1 Å². The summed E-state index contributed by atoms with van der Waals surface area (Å²) in [5.41, 5.74) is 6.72. The Morgan fingerprint density at radius 1 is 1.00 bits per heavy atom. The summed E-state index contributed by atoms with van der Waals surface area (Å²) in [6.07, 6.45) is 5.25. The van der Waals surface area contributed by atoms with Gasteiger partial charge in [0.05, 0.1) is 24.1 Å². The van der Waals surface area contributed by atoms with E-state index in [1.165, 1.54) is 5.56 Å². The normalized spacial score (nSPS) is 11.1. The van der Waals surface area contributed by atoms with E-state index in [9.17, 15) is 4.79 Å². The Kier molecular flexibility index (Phi) is 5.44. The summed E-state index contributed by atoms with van der Waals surface area (Å²) in [4.78, 5) is 17.3. The maximum absolute atomic E-state index is 12.8. The van der Waals surface area contributed by atoms with Crippen molar-refractivity contribution in [1.29, 1.82) is 0 Å². The van der Waals surface area contributed by atoms with Gasteiger partial charge in [0, 0.05) is 17.8 Å². The summed E-state index contributed by atoms with van der Waals surface area (Å²) < 4.78 is 3.46. The van der Waals surface area contributed by atoms with Gasteiger partial charge in [0.1, 0.15) is 6.54 Å². The summed E-state index contributed by atoms with van der Waals surface area (Å²) in [7, 11) is 0. The number of aryl methyl sites for hydroxylation is 2. The average Bonchev–Trinajstić information content (AvgIpc) is 3.39. The number of anilines is 1. The molecule has 0 saturated carbocycles. The van der Waals surface area contributed by atoms with E-state index in [0.717, 1.165) is 27.8 Å². The Balaban J connectivity index is 1.32. The molecule has 0 unspecified atom stereocenters. The minimum atomic E-state index is -0.179. The Labute approximate surface area is 191 Å². The second kappa shape index (κ2) is 8.70. The minimum Gasteiger partial charge on any atom is -0.322 e. The van der Waals surface area contributed by atoms with Crippen molar-refractivity contribution in [3.63, 3.8) is 0 Å². The van der Waals surface area contributed by atoms with Gasteiger partial charge >= 0.3 is 0 Å². The number of hydrogen-bond acceptors (Lipinski definition) is 4. The quantitative estimate of drug-likeness (QED) is 0.422. The van der Waals surface area contributed by atoms with Crippen molar-refractivity contribution >= 4 is 22.6 Å². The Morgan fingerprint density at radius 2 is 1.79 bits per heavy atom. The molecule has 0 spiro atoms. The smallest absolute Gasteiger partial charge is 0.246 e. The molecule has 0 aliphatic heterocycles. The molecule has 0 radical (unpaired) electrons. The lowest BCUT2D eigenvalue weighted by molar-refractivity contribution is -0.116. The Bertz CT molecular complexity index is 1420. The molecule has 0 aliphatic rings. The highest BCUT2D eigenvalue weighted by molar-refractivity contribution is 5.96. The third-order valence-corrected chi connectivity index (χ3v) is 5.57. The predicted molar refractivity (Wildman–Crippen MR) is 129 cm³/mol. The number of rotatable bonds is 6. The van der Waals surface area contributed by atoms with Gasteiger partial charge in [-0.05, 0) is 36.6 Å². The largest absolute Gasteiger partial charge is 0.322 e. The van der Waals surface area contributed by atoms with Crippen molar-refractivity contribution < 1.29 is 4.79 Å². The van der Waals surface area contributed by atoms with E-state index < -0.39 is 0 Å². The lowest BCUT2D eigenvalue weighted by Gasteiger charge is -2.06. The van der Waals surface area contributed by atoms with Crippen LogP contribution in [0.1, 0.15) is 16.8 Å². The maximum Gasteiger partial charge on any atom is 0.246 e. The average molecular weight is 437 g/mol. The van der Waals surface area contributed by atoms with Crippen molar-refractivity contribution in [3.05, 3.63) is 96.1 Å². The third-order valence-electron chi connectivity index (χ3n) is 5.57. The number of carbonyl (C=O) groups excluding carboxylic acids is 1. The molecule has 1 amide bonds. The van der Waals surface area contributed by atoms with Gasteiger partial charge < -0.3 is 5.32 Å². The number of nitrogens with one attached hydrogen (secondary N) is 1. The lowest BCUT2D eigenvalue weighted by atomic mass is 10.0. The van der Waals surface area contributed by atoms with Crippen LogP contribution in [-0.2, 0) is 17.9 Å². The molecule has 5 rings (SSSR count). The van der Waals surface area contributed by atoms with E-state index in [1.54, 1.807) is 21.8 Å². The molecule has 33 heavy (non-hydrogen) atoms. The molecule has 3 heterocycles.